The number of amides is 1. The van der Waals surface area contributed by atoms with E-state index in [4.69, 9.17) is 21.7 Å². The van der Waals surface area contributed by atoms with Gasteiger partial charge >= 0.3 is 6.18 Å². The monoisotopic (exact) mass is 481 g/mol. The second-order valence-electron chi connectivity index (χ2n) is 7.60. The Morgan fingerprint density at radius 2 is 1.94 bits per heavy atom. The third kappa shape index (κ3) is 6.82. The first-order valence-corrected chi connectivity index (χ1v) is 11.0. The Labute approximate surface area is 196 Å². The number of nitrogens with one attached hydrogen (secondary N) is 2. The van der Waals surface area contributed by atoms with Gasteiger partial charge in [0.15, 0.2) is 5.11 Å². The van der Waals surface area contributed by atoms with Gasteiger partial charge in [0.25, 0.3) is 5.91 Å². The van der Waals surface area contributed by atoms with Crippen LogP contribution in [-0.2, 0) is 10.9 Å². The predicted molar refractivity (Wildman–Crippen MR) is 125 cm³/mol. The number of rotatable bonds is 6. The molecule has 1 fully saturated rings. The van der Waals surface area contributed by atoms with Gasteiger partial charge in [-0.2, -0.15) is 13.2 Å². The van der Waals surface area contributed by atoms with Gasteiger partial charge in [-0.15, -0.1) is 0 Å². The third-order valence-corrected chi connectivity index (χ3v) is 5.36. The smallest absolute Gasteiger partial charge is 0.416 e. The zero-order chi connectivity index (χ0) is 24.0. The molecule has 2 N–H and O–H groups in total. The Balaban J connectivity index is 1.76. The third-order valence-electron chi connectivity index (χ3n) is 5.16. The minimum atomic E-state index is -4.51. The van der Waals surface area contributed by atoms with E-state index in [1.165, 1.54) is 6.07 Å². The average Bonchev–Trinajstić information content (AvgIpc) is 2.79. The Hall–Kier alpha value is -2.85. The van der Waals surface area contributed by atoms with Crippen LogP contribution < -0.4 is 20.3 Å². The highest BCUT2D eigenvalue weighted by atomic mass is 32.1. The first kappa shape index (κ1) is 24.8. The Morgan fingerprint density at radius 3 is 2.61 bits per heavy atom. The molecule has 0 spiro atoms. The summed E-state index contributed by atoms with van der Waals surface area (Å²) in [6.07, 6.45) is -3.71. The number of alkyl halides is 3. The maximum atomic E-state index is 13.3. The van der Waals surface area contributed by atoms with Crippen LogP contribution in [0.3, 0.4) is 0 Å². The zero-order valence-corrected chi connectivity index (χ0v) is 19.2. The fraction of sp³-hybridized carbons (Fsp3) is 0.391. The summed E-state index contributed by atoms with van der Waals surface area (Å²) >= 11 is 5.23. The molecule has 33 heavy (non-hydrogen) atoms. The topological polar surface area (TPSA) is 62.8 Å². The van der Waals surface area contributed by atoms with E-state index in [1.807, 2.05) is 18.7 Å². The number of morpholine rings is 1. The van der Waals surface area contributed by atoms with E-state index in [-0.39, 0.29) is 16.9 Å². The molecule has 0 unspecified atom stereocenters. The Kier molecular flexibility index (Phi) is 8.15. The summed E-state index contributed by atoms with van der Waals surface area (Å²) in [4.78, 5) is 14.6. The van der Waals surface area contributed by atoms with E-state index >= 15 is 0 Å². The minimum absolute atomic E-state index is 0.00873. The summed E-state index contributed by atoms with van der Waals surface area (Å²) in [6.45, 7) is 5.91. The van der Waals surface area contributed by atoms with Crippen LogP contribution in [-0.4, -0.2) is 43.4 Å². The van der Waals surface area contributed by atoms with Crippen molar-refractivity contribution in [2.75, 3.05) is 36.5 Å². The van der Waals surface area contributed by atoms with Crippen LogP contribution >= 0.6 is 12.2 Å². The maximum absolute atomic E-state index is 13.3. The van der Waals surface area contributed by atoms with Crippen molar-refractivity contribution in [1.29, 1.82) is 0 Å². The summed E-state index contributed by atoms with van der Waals surface area (Å²) in [5.74, 6) is 0.0466. The first-order valence-electron chi connectivity index (χ1n) is 10.6. The fourth-order valence-corrected chi connectivity index (χ4v) is 3.45. The van der Waals surface area contributed by atoms with Gasteiger partial charge in [-0.1, -0.05) is 13.0 Å². The number of halogens is 3. The van der Waals surface area contributed by atoms with Crippen LogP contribution in [0.1, 0.15) is 36.2 Å². The quantitative estimate of drug-likeness (QED) is 0.576. The van der Waals surface area contributed by atoms with Crippen LogP contribution in [0.5, 0.6) is 5.75 Å². The van der Waals surface area contributed by atoms with E-state index in [1.54, 1.807) is 24.3 Å². The lowest BCUT2D eigenvalue weighted by molar-refractivity contribution is -0.137. The molecule has 1 amide bonds. The van der Waals surface area contributed by atoms with Crippen LogP contribution in [0.25, 0.3) is 0 Å². The molecule has 0 saturated carbocycles. The van der Waals surface area contributed by atoms with Gasteiger partial charge in [0.2, 0.25) is 0 Å². The van der Waals surface area contributed by atoms with Gasteiger partial charge in [-0.05, 0) is 62.0 Å². The highest BCUT2D eigenvalue weighted by Gasteiger charge is 2.31. The Morgan fingerprint density at radius 1 is 1.21 bits per heavy atom. The van der Waals surface area contributed by atoms with E-state index in [0.29, 0.717) is 43.3 Å². The summed E-state index contributed by atoms with van der Waals surface area (Å²) < 4.78 is 50.9. The van der Waals surface area contributed by atoms with E-state index in [0.717, 1.165) is 18.6 Å². The molecule has 2 aromatic carbocycles. The number of benzene rings is 2. The van der Waals surface area contributed by atoms with Crippen molar-refractivity contribution in [3.05, 3.63) is 53.6 Å². The van der Waals surface area contributed by atoms with E-state index in [9.17, 15) is 18.0 Å². The summed E-state index contributed by atoms with van der Waals surface area (Å²) in [7, 11) is 0. The SMILES string of the molecule is CC[C@H](C)Oc1cccc(C(=O)NC(=S)Nc2cc(C(F)(F)F)ccc2N2CCOCC2)c1. The minimum Gasteiger partial charge on any atom is -0.491 e. The number of anilines is 2. The molecule has 2 aromatic rings. The van der Waals surface area contributed by atoms with Gasteiger partial charge in [-0.3, -0.25) is 10.1 Å². The summed E-state index contributed by atoms with van der Waals surface area (Å²) in [6, 6.07) is 10.0. The second-order valence-corrected chi connectivity index (χ2v) is 8.01. The molecule has 1 atom stereocenters. The van der Waals surface area contributed by atoms with Gasteiger partial charge in [0, 0.05) is 18.7 Å². The van der Waals surface area contributed by atoms with Gasteiger partial charge in [-0.25, -0.2) is 0 Å². The predicted octanol–water partition coefficient (Wildman–Crippen LogP) is 4.85. The standard InChI is InChI=1S/C23H26F3N3O3S/c1-3-15(2)32-18-6-4-5-16(13-18)21(30)28-22(33)27-19-14-17(23(24,25)26)7-8-20(19)29-9-11-31-12-10-29/h4-8,13-15H,3,9-12H2,1-2H3,(H2,27,28,30,33)/t15-/m0/s1. The van der Waals surface area contributed by atoms with E-state index in [2.05, 4.69) is 10.6 Å². The fourth-order valence-electron chi connectivity index (χ4n) is 3.25. The molecule has 1 aliphatic rings. The zero-order valence-electron chi connectivity index (χ0n) is 18.4. The summed E-state index contributed by atoms with van der Waals surface area (Å²) in [5, 5.41) is 5.18. The van der Waals surface area contributed by atoms with Crippen LogP contribution in [0.4, 0.5) is 24.5 Å². The number of nitrogens with zero attached hydrogens (tertiary/aromatic N) is 1. The number of hydrogen-bond donors (Lipinski definition) is 2. The lowest BCUT2D eigenvalue weighted by Gasteiger charge is -2.31. The van der Waals surface area contributed by atoms with Gasteiger partial charge < -0.3 is 19.7 Å². The number of carbonyl (C=O) groups is 1. The molecule has 3 rings (SSSR count). The van der Waals surface area contributed by atoms with Crippen LogP contribution in [0.15, 0.2) is 42.5 Å². The molecule has 1 aliphatic heterocycles. The molecule has 1 saturated heterocycles. The van der Waals surface area contributed by atoms with Crippen molar-refractivity contribution in [3.63, 3.8) is 0 Å². The van der Waals surface area contributed by atoms with Crippen molar-refractivity contribution in [2.45, 2.75) is 32.5 Å². The van der Waals surface area contributed by atoms with Crippen molar-refractivity contribution in [2.24, 2.45) is 0 Å². The van der Waals surface area contributed by atoms with Crippen molar-refractivity contribution in [3.8, 4) is 5.75 Å². The van der Waals surface area contributed by atoms with Crippen molar-refractivity contribution < 1.29 is 27.4 Å². The lowest BCUT2D eigenvalue weighted by atomic mass is 10.1. The van der Waals surface area contributed by atoms with Crippen LogP contribution in [0.2, 0.25) is 0 Å². The maximum Gasteiger partial charge on any atom is 0.416 e. The highest BCUT2D eigenvalue weighted by Crippen LogP contribution is 2.35. The van der Waals surface area contributed by atoms with E-state index < -0.39 is 17.6 Å². The molecule has 0 aliphatic carbocycles. The molecule has 10 heteroatoms. The van der Waals surface area contributed by atoms with Crippen molar-refractivity contribution in [1.82, 2.24) is 5.32 Å². The lowest BCUT2D eigenvalue weighted by Crippen LogP contribution is -2.38. The van der Waals surface area contributed by atoms with Crippen LogP contribution in [0, 0.1) is 0 Å². The molecular weight excluding hydrogens is 455 g/mol. The first-order chi connectivity index (χ1) is 15.7. The Bertz CT molecular complexity index is 994. The molecular formula is C23H26F3N3O3S. The molecule has 6 nitrogen and oxygen atoms in total. The molecule has 1 heterocycles. The molecule has 0 radical (unpaired) electrons. The number of hydrogen-bond acceptors (Lipinski definition) is 5. The normalized spacial score (nSPS) is 15.0. The molecule has 0 aromatic heterocycles. The number of ether oxygens (including phenoxy) is 2. The molecule has 178 valence electrons. The summed E-state index contributed by atoms with van der Waals surface area (Å²) in [5.41, 5.74) is 0.209. The van der Waals surface area contributed by atoms with Crippen molar-refractivity contribution >= 4 is 34.6 Å². The van der Waals surface area contributed by atoms with Gasteiger partial charge in [0.05, 0.1) is 36.3 Å². The number of thiocarbonyl (C=S) groups is 1. The largest absolute Gasteiger partial charge is 0.491 e. The highest BCUT2D eigenvalue weighted by molar-refractivity contribution is 7.80. The molecule has 0 bridgehead atoms. The second kappa shape index (κ2) is 10.8. The average molecular weight is 482 g/mol. The number of carbonyl (C=O) groups excluding carboxylic acids is 1. The van der Waals surface area contributed by atoms with Gasteiger partial charge in [0.1, 0.15) is 5.75 Å².